The maximum Gasteiger partial charge on any atom is 0.106 e. The molecule has 0 bridgehead atoms. The molecule has 0 radical (unpaired) electrons. The molecule has 0 aliphatic heterocycles. The van der Waals surface area contributed by atoms with Crippen molar-refractivity contribution in [2.45, 2.75) is 52.0 Å². The third kappa shape index (κ3) is 2.23. The van der Waals surface area contributed by atoms with E-state index in [4.69, 9.17) is 5.73 Å². The summed E-state index contributed by atoms with van der Waals surface area (Å²) < 4.78 is 2.41. The first-order valence-corrected chi connectivity index (χ1v) is 6.08. The first-order chi connectivity index (χ1) is 7.33. The molecule has 0 spiro atoms. The topological polar surface area (TPSA) is 43.8 Å². The number of nitrogens with zero attached hydrogens (tertiary/aromatic N) is 2. The van der Waals surface area contributed by atoms with E-state index in [1.54, 1.807) is 0 Å². The normalized spacial score (nSPS) is 15.3. The Bertz CT molecular complexity index is 328. The molecule has 0 amide bonds. The fourth-order valence-corrected chi connectivity index (χ4v) is 2.45. The van der Waals surface area contributed by atoms with Crippen molar-refractivity contribution in [3.8, 4) is 0 Å². The van der Waals surface area contributed by atoms with Gasteiger partial charge in [0.1, 0.15) is 5.82 Å². The Balaban J connectivity index is 2.11. The van der Waals surface area contributed by atoms with Crippen LogP contribution in [0.5, 0.6) is 0 Å². The SMILES string of the molecule is Cc1nc2c(n1CCCCN)CCCC2. The molecule has 1 aromatic rings. The van der Waals surface area contributed by atoms with E-state index in [9.17, 15) is 0 Å². The zero-order valence-electron chi connectivity index (χ0n) is 9.63. The number of nitrogens with two attached hydrogens (primary N) is 1. The molecule has 15 heavy (non-hydrogen) atoms. The van der Waals surface area contributed by atoms with Crippen molar-refractivity contribution in [3.05, 3.63) is 17.2 Å². The standard InChI is InChI=1S/C12H21N3/c1-10-14-11-6-2-3-7-12(11)15(10)9-5-4-8-13/h2-9,13H2,1H3. The minimum atomic E-state index is 0.802. The molecular formula is C12H21N3. The van der Waals surface area contributed by atoms with E-state index in [2.05, 4.69) is 16.5 Å². The Morgan fingerprint density at radius 2 is 2.07 bits per heavy atom. The minimum Gasteiger partial charge on any atom is -0.332 e. The van der Waals surface area contributed by atoms with Gasteiger partial charge in [-0.15, -0.1) is 0 Å². The molecule has 0 atom stereocenters. The zero-order valence-corrected chi connectivity index (χ0v) is 9.63. The van der Waals surface area contributed by atoms with E-state index < -0.39 is 0 Å². The number of hydrogen-bond donors (Lipinski definition) is 1. The summed E-state index contributed by atoms with van der Waals surface area (Å²) in [4.78, 5) is 4.66. The monoisotopic (exact) mass is 207 g/mol. The molecule has 0 fully saturated rings. The Hall–Kier alpha value is -0.830. The fraction of sp³-hybridized carbons (Fsp3) is 0.750. The Morgan fingerprint density at radius 3 is 2.87 bits per heavy atom. The highest BCUT2D eigenvalue weighted by Gasteiger charge is 2.17. The van der Waals surface area contributed by atoms with Gasteiger partial charge in [-0.25, -0.2) is 4.98 Å². The molecule has 1 heterocycles. The van der Waals surface area contributed by atoms with Gasteiger partial charge in [0.05, 0.1) is 5.69 Å². The van der Waals surface area contributed by atoms with Crippen LogP contribution in [0, 0.1) is 6.92 Å². The van der Waals surface area contributed by atoms with Crippen LogP contribution < -0.4 is 5.73 Å². The first kappa shape index (κ1) is 10.7. The maximum absolute atomic E-state index is 5.52. The summed E-state index contributed by atoms with van der Waals surface area (Å²) in [6.45, 7) is 4.03. The van der Waals surface area contributed by atoms with Crippen LogP contribution in [-0.2, 0) is 19.4 Å². The molecule has 0 saturated carbocycles. The average molecular weight is 207 g/mol. The highest BCUT2D eigenvalue weighted by Crippen LogP contribution is 2.22. The van der Waals surface area contributed by atoms with Gasteiger partial charge < -0.3 is 10.3 Å². The summed E-state index contributed by atoms with van der Waals surface area (Å²) >= 11 is 0. The lowest BCUT2D eigenvalue weighted by Gasteiger charge is -2.14. The number of aromatic nitrogens is 2. The molecule has 2 N–H and O–H groups in total. The first-order valence-electron chi connectivity index (χ1n) is 6.08. The van der Waals surface area contributed by atoms with E-state index in [1.165, 1.54) is 49.3 Å². The van der Waals surface area contributed by atoms with E-state index in [-0.39, 0.29) is 0 Å². The number of unbranched alkanes of at least 4 members (excludes halogenated alkanes) is 1. The second-order valence-electron chi connectivity index (χ2n) is 4.41. The molecule has 84 valence electrons. The quantitative estimate of drug-likeness (QED) is 0.765. The molecule has 3 nitrogen and oxygen atoms in total. The second kappa shape index (κ2) is 4.79. The van der Waals surface area contributed by atoms with Gasteiger partial charge in [-0.3, -0.25) is 0 Å². The Labute approximate surface area is 91.7 Å². The predicted octanol–water partition coefficient (Wildman–Crippen LogP) is 1.81. The maximum atomic E-state index is 5.52. The lowest BCUT2D eigenvalue weighted by Crippen LogP contribution is -2.10. The summed E-state index contributed by atoms with van der Waals surface area (Å²) in [6.07, 6.45) is 7.34. The number of hydrogen-bond acceptors (Lipinski definition) is 2. The van der Waals surface area contributed by atoms with Crippen LogP contribution in [0.2, 0.25) is 0 Å². The van der Waals surface area contributed by atoms with Crippen LogP contribution in [0.4, 0.5) is 0 Å². The molecule has 1 aromatic heterocycles. The average Bonchev–Trinajstić information content (AvgIpc) is 2.56. The molecule has 0 aromatic carbocycles. The van der Waals surface area contributed by atoms with Gasteiger partial charge in [0.2, 0.25) is 0 Å². The highest BCUT2D eigenvalue weighted by molar-refractivity contribution is 5.19. The van der Waals surface area contributed by atoms with Crippen molar-refractivity contribution in [1.82, 2.24) is 9.55 Å². The van der Waals surface area contributed by atoms with Crippen LogP contribution in [0.1, 0.15) is 42.9 Å². The van der Waals surface area contributed by atoms with Gasteiger partial charge in [-0.1, -0.05) is 0 Å². The zero-order chi connectivity index (χ0) is 10.7. The van der Waals surface area contributed by atoms with Gasteiger partial charge in [0.25, 0.3) is 0 Å². The minimum absolute atomic E-state index is 0.802. The fourth-order valence-electron chi connectivity index (χ4n) is 2.45. The summed E-state index contributed by atoms with van der Waals surface area (Å²) in [7, 11) is 0. The summed E-state index contributed by atoms with van der Waals surface area (Å²) in [5.41, 5.74) is 8.37. The Kier molecular flexibility index (Phi) is 3.41. The van der Waals surface area contributed by atoms with Crippen LogP contribution in [0.3, 0.4) is 0 Å². The van der Waals surface area contributed by atoms with Crippen molar-refractivity contribution in [2.24, 2.45) is 5.73 Å². The molecule has 2 rings (SSSR count). The second-order valence-corrected chi connectivity index (χ2v) is 4.41. The number of fused-ring (bicyclic) bond motifs is 1. The highest BCUT2D eigenvalue weighted by atomic mass is 15.1. The van der Waals surface area contributed by atoms with Gasteiger partial charge in [-0.05, 0) is 52.0 Å². The van der Waals surface area contributed by atoms with Gasteiger partial charge in [-0.2, -0.15) is 0 Å². The summed E-state index contributed by atoms with van der Waals surface area (Å²) in [5, 5.41) is 0. The van der Waals surface area contributed by atoms with Crippen LogP contribution >= 0.6 is 0 Å². The van der Waals surface area contributed by atoms with E-state index in [0.717, 1.165) is 19.5 Å². The van der Waals surface area contributed by atoms with Crippen molar-refractivity contribution in [1.29, 1.82) is 0 Å². The number of imidazole rings is 1. The van der Waals surface area contributed by atoms with E-state index >= 15 is 0 Å². The summed E-state index contributed by atoms with van der Waals surface area (Å²) in [5.74, 6) is 1.19. The largest absolute Gasteiger partial charge is 0.332 e. The van der Waals surface area contributed by atoms with Crippen LogP contribution in [0.15, 0.2) is 0 Å². The van der Waals surface area contributed by atoms with E-state index in [1.807, 2.05) is 0 Å². The molecule has 3 heteroatoms. The van der Waals surface area contributed by atoms with Crippen LogP contribution in [-0.4, -0.2) is 16.1 Å². The molecule has 0 unspecified atom stereocenters. The van der Waals surface area contributed by atoms with Gasteiger partial charge in [0.15, 0.2) is 0 Å². The lowest BCUT2D eigenvalue weighted by atomic mass is 10.0. The smallest absolute Gasteiger partial charge is 0.106 e. The van der Waals surface area contributed by atoms with Crippen LogP contribution in [0.25, 0.3) is 0 Å². The summed E-state index contributed by atoms with van der Waals surface area (Å²) in [6, 6.07) is 0. The number of aryl methyl sites for hydroxylation is 2. The molecular weight excluding hydrogens is 186 g/mol. The van der Waals surface area contributed by atoms with Crippen molar-refractivity contribution in [3.63, 3.8) is 0 Å². The third-order valence-electron chi connectivity index (χ3n) is 3.26. The third-order valence-corrected chi connectivity index (χ3v) is 3.26. The molecule has 0 saturated heterocycles. The lowest BCUT2D eigenvalue weighted by molar-refractivity contribution is 0.560. The van der Waals surface area contributed by atoms with E-state index in [0.29, 0.717) is 0 Å². The van der Waals surface area contributed by atoms with Crippen molar-refractivity contribution < 1.29 is 0 Å². The van der Waals surface area contributed by atoms with Gasteiger partial charge in [0, 0.05) is 12.2 Å². The van der Waals surface area contributed by atoms with Crippen molar-refractivity contribution >= 4 is 0 Å². The molecule has 1 aliphatic carbocycles. The number of rotatable bonds is 4. The van der Waals surface area contributed by atoms with Gasteiger partial charge >= 0.3 is 0 Å². The Morgan fingerprint density at radius 1 is 1.27 bits per heavy atom. The molecule has 1 aliphatic rings. The van der Waals surface area contributed by atoms with Crippen molar-refractivity contribution in [2.75, 3.05) is 6.54 Å². The predicted molar refractivity (Wildman–Crippen MR) is 61.9 cm³/mol.